The molecule has 42 heavy (non-hydrogen) atoms. The molecule has 1 atom stereocenters. The van der Waals surface area contributed by atoms with E-state index in [-0.39, 0.29) is 17.3 Å². The molecule has 0 aromatic carbocycles. The molecule has 1 N–H and O–H groups in total. The van der Waals surface area contributed by atoms with Gasteiger partial charge in [-0.15, -0.1) is 0 Å². The lowest BCUT2D eigenvalue weighted by Crippen LogP contribution is -2.22. The zero-order valence-corrected chi connectivity index (χ0v) is 28.3. The maximum atomic E-state index is 12.6. The molecule has 1 rings (SSSR count). The minimum atomic E-state index is -0.411. The van der Waals surface area contributed by atoms with Crippen LogP contribution < -0.4 is 0 Å². The Bertz CT molecular complexity index is 1190. The second-order valence-electron chi connectivity index (χ2n) is 13.3. The fraction of sp³-hybridized carbons (Fsp3) is 0.475. The molecule has 2 nitrogen and oxygen atoms in total. The summed E-state index contributed by atoms with van der Waals surface area (Å²) in [5, 5.41) is 9.44. The molecular formula is C40H58O2. The molecule has 0 aromatic heterocycles. The van der Waals surface area contributed by atoms with Gasteiger partial charge >= 0.3 is 0 Å². The number of allylic oxidation sites excluding steroid dienone is 20. The first-order valence-corrected chi connectivity index (χ1v) is 15.6. The number of ketones is 1. The van der Waals surface area contributed by atoms with E-state index in [4.69, 9.17) is 0 Å². The number of aliphatic hydroxyl groups excluding tert-OH is 1. The van der Waals surface area contributed by atoms with Crippen LogP contribution in [0.4, 0.5) is 0 Å². The number of rotatable bonds is 15. The lowest BCUT2D eigenvalue weighted by molar-refractivity contribution is -0.122. The molecule has 0 radical (unpaired) electrons. The van der Waals surface area contributed by atoms with Gasteiger partial charge < -0.3 is 5.11 Å². The van der Waals surface area contributed by atoms with E-state index in [9.17, 15) is 9.90 Å². The highest BCUT2D eigenvalue weighted by molar-refractivity contribution is 5.94. The molecule has 1 unspecified atom stereocenters. The van der Waals surface area contributed by atoms with E-state index >= 15 is 0 Å². The van der Waals surface area contributed by atoms with Crippen LogP contribution in [0.15, 0.2) is 119 Å². The van der Waals surface area contributed by atoms with Crippen LogP contribution in [0.5, 0.6) is 0 Å². The summed E-state index contributed by atoms with van der Waals surface area (Å²) in [5.41, 5.74) is 7.51. The van der Waals surface area contributed by atoms with Gasteiger partial charge in [-0.2, -0.15) is 0 Å². The third-order valence-electron chi connectivity index (χ3n) is 7.91. The van der Waals surface area contributed by atoms with Crippen LogP contribution in [0, 0.1) is 10.8 Å². The van der Waals surface area contributed by atoms with Crippen molar-refractivity contribution in [3.63, 3.8) is 0 Å². The lowest BCUT2D eigenvalue weighted by atomic mass is 9.72. The van der Waals surface area contributed by atoms with E-state index in [2.05, 4.69) is 102 Å². The van der Waals surface area contributed by atoms with Gasteiger partial charge in [0.05, 0.1) is 6.10 Å². The largest absolute Gasteiger partial charge is 0.393 e. The summed E-state index contributed by atoms with van der Waals surface area (Å²) in [4.78, 5) is 12.6. The molecular weight excluding hydrogens is 512 g/mol. The highest BCUT2D eigenvalue weighted by Gasteiger charge is 2.26. The first-order chi connectivity index (χ1) is 19.6. The Morgan fingerprint density at radius 1 is 0.833 bits per heavy atom. The van der Waals surface area contributed by atoms with Crippen LogP contribution in [0.1, 0.15) is 108 Å². The Labute approximate surface area is 258 Å². The van der Waals surface area contributed by atoms with Crippen molar-refractivity contribution in [3.8, 4) is 0 Å². The summed E-state index contributed by atoms with van der Waals surface area (Å²) >= 11 is 0. The molecule has 0 aromatic rings. The Hall–Kier alpha value is -2.97. The van der Waals surface area contributed by atoms with Crippen LogP contribution in [-0.4, -0.2) is 17.0 Å². The predicted molar refractivity (Wildman–Crippen MR) is 185 cm³/mol. The highest BCUT2D eigenvalue weighted by atomic mass is 16.3. The molecule has 0 bridgehead atoms. The lowest BCUT2D eigenvalue weighted by Gasteiger charge is -2.32. The molecule has 1 aliphatic rings. The summed E-state index contributed by atoms with van der Waals surface area (Å²) in [5.74, 6) is 0.124. The summed E-state index contributed by atoms with van der Waals surface area (Å²) in [7, 11) is 0. The molecule has 0 saturated carbocycles. The SMILES string of the molecule is CC1=C(/C=C/C(C)=C/C=C/C(C)=C/C=C/C=C(C)/C=C/C=C(C)/C=C/C(=O)C(C)(C)CCCC(C)O)C(C)(C)CCC1. The molecule has 0 amide bonds. The van der Waals surface area contributed by atoms with Crippen LogP contribution in [-0.2, 0) is 4.79 Å². The Kier molecular flexibility index (Phi) is 16.4. The first-order valence-electron chi connectivity index (χ1n) is 15.6. The smallest absolute Gasteiger partial charge is 0.161 e. The average molecular weight is 571 g/mol. The molecule has 0 heterocycles. The normalized spacial score (nSPS) is 19.0. The minimum absolute atomic E-state index is 0.124. The third-order valence-corrected chi connectivity index (χ3v) is 7.91. The van der Waals surface area contributed by atoms with Gasteiger partial charge in [-0.3, -0.25) is 4.79 Å². The van der Waals surface area contributed by atoms with E-state index in [1.165, 1.54) is 41.6 Å². The van der Waals surface area contributed by atoms with Crippen molar-refractivity contribution in [2.45, 2.75) is 114 Å². The minimum Gasteiger partial charge on any atom is -0.393 e. The van der Waals surface area contributed by atoms with Gasteiger partial charge in [-0.25, -0.2) is 0 Å². The topological polar surface area (TPSA) is 37.3 Å². The Morgan fingerprint density at radius 2 is 1.33 bits per heavy atom. The van der Waals surface area contributed by atoms with Gasteiger partial charge in [0.15, 0.2) is 5.78 Å². The van der Waals surface area contributed by atoms with Gasteiger partial charge in [-0.1, -0.05) is 135 Å². The fourth-order valence-corrected chi connectivity index (χ4v) is 4.96. The van der Waals surface area contributed by atoms with E-state index < -0.39 is 5.41 Å². The number of hydrogen-bond acceptors (Lipinski definition) is 2. The Morgan fingerprint density at radius 3 is 1.86 bits per heavy atom. The van der Waals surface area contributed by atoms with E-state index in [0.717, 1.165) is 30.4 Å². The second-order valence-corrected chi connectivity index (χ2v) is 13.3. The van der Waals surface area contributed by atoms with Crippen molar-refractivity contribution in [3.05, 3.63) is 119 Å². The monoisotopic (exact) mass is 570 g/mol. The number of carbonyl (C=O) groups is 1. The van der Waals surface area contributed by atoms with Crippen molar-refractivity contribution >= 4 is 5.78 Å². The molecule has 0 saturated heterocycles. The van der Waals surface area contributed by atoms with Gasteiger partial charge in [0.2, 0.25) is 0 Å². The number of hydrogen-bond donors (Lipinski definition) is 1. The zero-order valence-electron chi connectivity index (χ0n) is 28.3. The fourth-order valence-electron chi connectivity index (χ4n) is 4.96. The maximum Gasteiger partial charge on any atom is 0.161 e. The van der Waals surface area contributed by atoms with Crippen molar-refractivity contribution in [2.75, 3.05) is 0 Å². The molecule has 230 valence electrons. The van der Waals surface area contributed by atoms with Crippen LogP contribution >= 0.6 is 0 Å². The molecule has 0 fully saturated rings. The zero-order chi connectivity index (χ0) is 31.8. The highest BCUT2D eigenvalue weighted by Crippen LogP contribution is 2.40. The summed E-state index contributed by atoms with van der Waals surface area (Å²) in [6.45, 7) is 21.1. The van der Waals surface area contributed by atoms with Gasteiger partial charge in [-0.05, 0) is 97.1 Å². The van der Waals surface area contributed by atoms with Gasteiger partial charge in [0, 0.05) is 5.41 Å². The molecule has 2 heteroatoms. The van der Waals surface area contributed by atoms with Crippen molar-refractivity contribution < 1.29 is 9.90 Å². The number of carbonyl (C=O) groups excluding carboxylic acids is 1. The first kappa shape index (κ1) is 37.1. The second kappa shape index (κ2) is 18.5. The van der Waals surface area contributed by atoms with Crippen LogP contribution in [0.2, 0.25) is 0 Å². The molecule has 0 aliphatic heterocycles. The number of aliphatic hydroxyl groups is 1. The van der Waals surface area contributed by atoms with Crippen molar-refractivity contribution in [1.82, 2.24) is 0 Å². The van der Waals surface area contributed by atoms with Crippen molar-refractivity contribution in [1.29, 1.82) is 0 Å². The van der Waals surface area contributed by atoms with E-state index in [0.29, 0.717) is 0 Å². The summed E-state index contributed by atoms with van der Waals surface area (Å²) in [6.07, 6.45) is 34.8. The summed E-state index contributed by atoms with van der Waals surface area (Å²) < 4.78 is 0. The molecule has 0 spiro atoms. The van der Waals surface area contributed by atoms with E-state index in [1.54, 1.807) is 13.0 Å². The van der Waals surface area contributed by atoms with E-state index in [1.807, 2.05) is 39.0 Å². The predicted octanol–water partition coefficient (Wildman–Crippen LogP) is 11.2. The van der Waals surface area contributed by atoms with Gasteiger partial charge in [0.25, 0.3) is 0 Å². The average Bonchev–Trinajstić information content (AvgIpc) is 2.88. The standard InChI is InChI=1S/C40H58O2/c1-31(19-13-21-33(3)25-27-37-35(5)23-15-29-39(37,7)8)17-11-12-18-32(2)20-14-22-34(4)26-28-38(42)40(9,10)30-16-24-36(6)41/h11-14,17-22,25-28,36,41H,15-16,23-24,29-30H2,1-10H3/b12-11+,19-13+,20-14+,27-25+,28-26+,31-17+,32-18+,33-21+,34-22+. The van der Waals surface area contributed by atoms with Crippen LogP contribution in [0.25, 0.3) is 0 Å². The van der Waals surface area contributed by atoms with Crippen LogP contribution in [0.3, 0.4) is 0 Å². The van der Waals surface area contributed by atoms with Gasteiger partial charge in [0.1, 0.15) is 0 Å². The molecule has 1 aliphatic carbocycles. The quantitative estimate of drug-likeness (QED) is 0.157. The summed E-state index contributed by atoms with van der Waals surface area (Å²) in [6, 6.07) is 0. The van der Waals surface area contributed by atoms with Crippen molar-refractivity contribution in [2.24, 2.45) is 10.8 Å². The Balaban J connectivity index is 2.61. The third kappa shape index (κ3) is 15.3. The maximum absolute atomic E-state index is 12.6.